The van der Waals surface area contributed by atoms with Gasteiger partial charge in [0.1, 0.15) is 4.21 Å². The number of hydrogen-bond acceptors (Lipinski definition) is 6. The summed E-state index contributed by atoms with van der Waals surface area (Å²) in [5.74, 6) is 0.247. The maximum Gasteiger partial charge on any atom is 0.261 e. The van der Waals surface area contributed by atoms with E-state index in [1.54, 1.807) is 6.07 Å². The highest BCUT2D eigenvalue weighted by Gasteiger charge is 2.30. The van der Waals surface area contributed by atoms with E-state index in [1.165, 1.54) is 10.4 Å². The van der Waals surface area contributed by atoms with E-state index in [-0.39, 0.29) is 28.4 Å². The monoisotopic (exact) mass is 423 g/mol. The highest BCUT2D eigenvalue weighted by Crippen LogP contribution is 2.28. The van der Waals surface area contributed by atoms with Crippen LogP contribution in [0, 0.1) is 11.8 Å². The van der Waals surface area contributed by atoms with Crippen LogP contribution in [0.2, 0.25) is 0 Å². The van der Waals surface area contributed by atoms with Gasteiger partial charge in [0.05, 0.1) is 11.0 Å². The van der Waals surface area contributed by atoms with E-state index in [0.29, 0.717) is 43.5 Å². The SMILES string of the molecule is CC1CCN(S(=O)(=O)c2ccc(C(=O)NCC3CNCC3O)s2)CC1.Cl. The molecule has 7 nitrogen and oxygen atoms in total. The van der Waals surface area contributed by atoms with Crippen LogP contribution in [0.1, 0.15) is 29.4 Å². The van der Waals surface area contributed by atoms with E-state index in [4.69, 9.17) is 0 Å². The van der Waals surface area contributed by atoms with Gasteiger partial charge in [-0.15, -0.1) is 23.7 Å². The Kier molecular flexibility index (Phi) is 7.46. The first-order chi connectivity index (χ1) is 11.9. The van der Waals surface area contributed by atoms with Crippen LogP contribution in [0.15, 0.2) is 16.3 Å². The molecule has 0 radical (unpaired) electrons. The second-order valence-corrected chi connectivity index (χ2v) is 10.1. The number of hydrogen-bond donors (Lipinski definition) is 3. The van der Waals surface area contributed by atoms with Crippen molar-refractivity contribution in [3.8, 4) is 0 Å². The van der Waals surface area contributed by atoms with Crippen molar-refractivity contribution in [1.29, 1.82) is 0 Å². The van der Waals surface area contributed by atoms with E-state index in [0.717, 1.165) is 24.2 Å². The Balaban J connectivity index is 0.00000243. The molecule has 148 valence electrons. The third kappa shape index (κ3) is 4.76. The number of amides is 1. The fraction of sp³-hybridized carbons (Fsp3) is 0.688. The third-order valence-corrected chi connectivity index (χ3v) is 8.42. The van der Waals surface area contributed by atoms with Crippen LogP contribution in [-0.4, -0.2) is 62.6 Å². The van der Waals surface area contributed by atoms with E-state index in [2.05, 4.69) is 17.6 Å². The maximum atomic E-state index is 12.7. The number of nitrogens with one attached hydrogen (secondary N) is 2. The standard InChI is InChI=1S/C16H25N3O4S2.ClH/c1-11-4-6-19(7-5-11)25(22,23)15-3-2-14(24-15)16(21)18-9-12-8-17-10-13(12)20;/h2-3,11-13,17,20H,4-10H2,1H3,(H,18,21);1H. The molecule has 1 amide bonds. The van der Waals surface area contributed by atoms with Crippen LogP contribution in [0.3, 0.4) is 0 Å². The molecule has 2 aliphatic rings. The van der Waals surface area contributed by atoms with Crippen LogP contribution in [0.4, 0.5) is 0 Å². The normalized spacial score (nSPS) is 25.0. The molecule has 2 fully saturated rings. The first-order valence-electron chi connectivity index (χ1n) is 8.65. The van der Waals surface area contributed by atoms with E-state index in [9.17, 15) is 18.3 Å². The number of carbonyl (C=O) groups excluding carboxylic acids is 1. The van der Waals surface area contributed by atoms with Crippen molar-refractivity contribution in [2.45, 2.75) is 30.1 Å². The Labute approximate surface area is 164 Å². The van der Waals surface area contributed by atoms with Gasteiger partial charge in [-0.1, -0.05) is 6.92 Å². The largest absolute Gasteiger partial charge is 0.391 e. The molecule has 10 heteroatoms. The number of carbonyl (C=O) groups is 1. The molecule has 3 N–H and O–H groups in total. The van der Waals surface area contributed by atoms with Crippen LogP contribution < -0.4 is 10.6 Å². The van der Waals surface area contributed by atoms with Gasteiger partial charge in [0.2, 0.25) is 0 Å². The first-order valence-corrected chi connectivity index (χ1v) is 10.9. The van der Waals surface area contributed by atoms with Crippen molar-refractivity contribution in [3.63, 3.8) is 0 Å². The number of aliphatic hydroxyl groups excluding tert-OH is 1. The van der Waals surface area contributed by atoms with Gasteiger partial charge in [0, 0.05) is 38.6 Å². The first kappa shape index (κ1) is 21.6. The van der Waals surface area contributed by atoms with E-state index >= 15 is 0 Å². The van der Waals surface area contributed by atoms with Crippen LogP contribution in [-0.2, 0) is 10.0 Å². The molecule has 2 saturated heterocycles. The van der Waals surface area contributed by atoms with Crippen molar-refractivity contribution in [2.75, 3.05) is 32.7 Å². The molecule has 0 aromatic carbocycles. The van der Waals surface area contributed by atoms with Crippen LogP contribution >= 0.6 is 23.7 Å². The molecule has 2 aliphatic heterocycles. The average molecular weight is 424 g/mol. The van der Waals surface area contributed by atoms with E-state index < -0.39 is 16.1 Å². The summed E-state index contributed by atoms with van der Waals surface area (Å²) < 4.78 is 27.1. The Bertz CT molecular complexity index is 717. The molecule has 3 heterocycles. The summed E-state index contributed by atoms with van der Waals surface area (Å²) in [7, 11) is -3.52. The number of thiophene rings is 1. The zero-order valence-electron chi connectivity index (χ0n) is 14.7. The molecular weight excluding hydrogens is 398 g/mol. The number of nitrogens with zero attached hydrogens (tertiary/aromatic N) is 1. The van der Waals surface area contributed by atoms with Gasteiger partial charge in [0.15, 0.2) is 0 Å². The van der Waals surface area contributed by atoms with Crippen molar-refractivity contribution in [2.24, 2.45) is 11.8 Å². The quantitative estimate of drug-likeness (QED) is 0.653. The highest BCUT2D eigenvalue weighted by atomic mass is 35.5. The molecule has 3 rings (SSSR count). The van der Waals surface area contributed by atoms with Gasteiger partial charge in [-0.2, -0.15) is 4.31 Å². The van der Waals surface area contributed by atoms with Gasteiger partial charge in [-0.25, -0.2) is 8.42 Å². The molecule has 0 saturated carbocycles. The van der Waals surface area contributed by atoms with Gasteiger partial charge >= 0.3 is 0 Å². The fourth-order valence-electron chi connectivity index (χ4n) is 3.17. The minimum absolute atomic E-state index is 0. The van der Waals surface area contributed by atoms with Crippen molar-refractivity contribution >= 4 is 39.7 Å². The molecule has 0 bridgehead atoms. The third-order valence-electron chi connectivity index (χ3n) is 4.97. The Morgan fingerprint density at radius 1 is 1.35 bits per heavy atom. The highest BCUT2D eigenvalue weighted by molar-refractivity contribution is 7.91. The van der Waals surface area contributed by atoms with Gasteiger partial charge in [0.25, 0.3) is 15.9 Å². The second kappa shape index (κ2) is 8.99. The lowest BCUT2D eigenvalue weighted by Crippen LogP contribution is -2.37. The molecule has 2 atom stereocenters. The summed E-state index contributed by atoms with van der Waals surface area (Å²) >= 11 is 1.01. The Hall–Kier alpha value is -0.710. The van der Waals surface area contributed by atoms with Gasteiger partial charge in [-0.3, -0.25) is 4.79 Å². The smallest absolute Gasteiger partial charge is 0.261 e. The lowest BCUT2D eigenvalue weighted by Gasteiger charge is -2.28. The van der Waals surface area contributed by atoms with Crippen molar-refractivity contribution in [1.82, 2.24) is 14.9 Å². The molecule has 1 aromatic heterocycles. The number of rotatable bonds is 5. The lowest BCUT2D eigenvalue weighted by atomic mass is 10.0. The number of sulfonamides is 1. The Morgan fingerprint density at radius 3 is 2.65 bits per heavy atom. The number of piperidine rings is 1. The predicted octanol–water partition coefficient (Wildman–Crippen LogP) is 0.901. The second-order valence-electron chi connectivity index (χ2n) is 6.90. The van der Waals surface area contributed by atoms with Crippen molar-refractivity contribution in [3.05, 3.63) is 17.0 Å². The number of β-amino-alcohol motifs (C(OH)–C–C–N with tert-alkyl or cyclic N) is 1. The van der Waals surface area contributed by atoms with Crippen LogP contribution in [0.25, 0.3) is 0 Å². The molecular formula is C16H26ClN3O4S2. The molecule has 26 heavy (non-hydrogen) atoms. The number of aliphatic hydroxyl groups is 1. The summed E-state index contributed by atoms with van der Waals surface area (Å²) in [6, 6.07) is 3.07. The molecule has 1 aromatic rings. The maximum absolute atomic E-state index is 12.7. The summed E-state index contributed by atoms with van der Waals surface area (Å²) in [6.07, 6.45) is 1.28. The Morgan fingerprint density at radius 2 is 2.04 bits per heavy atom. The summed E-state index contributed by atoms with van der Waals surface area (Å²) in [6.45, 7) is 4.78. The fourth-order valence-corrected chi connectivity index (χ4v) is 6.02. The summed E-state index contributed by atoms with van der Waals surface area (Å²) in [4.78, 5) is 12.6. The minimum Gasteiger partial charge on any atom is -0.391 e. The van der Waals surface area contributed by atoms with Gasteiger partial charge in [-0.05, 0) is 30.9 Å². The lowest BCUT2D eigenvalue weighted by molar-refractivity contribution is 0.0931. The summed E-state index contributed by atoms with van der Waals surface area (Å²) in [5, 5.41) is 15.6. The van der Waals surface area contributed by atoms with Crippen molar-refractivity contribution < 1.29 is 18.3 Å². The minimum atomic E-state index is -3.52. The van der Waals surface area contributed by atoms with Crippen LogP contribution in [0.5, 0.6) is 0 Å². The predicted molar refractivity (Wildman–Crippen MR) is 103 cm³/mol. The zero-order chi connectivity index (χ0) is 18.0. The van der Waals surface area contributed by atoms with Gasteiger partial charge < -0.3 is 15.7 Å². The molecule has 0 aliphatic carbocycles. The average Bonchev–Trinajstić information content (AvgIpc) is 3.22. The molecule has 0 spiro atoms. The molecule has 2 unspecified atom stereocenters. The zero-order valence-corrected chi connectivity index (χ0v) is 17.1. The van der Waals surface area contributed by atoms with E-state index in [1.807, 2.05) is 0 Å². The summed E-state index contributed by atoms with van der Waals surface area (Å²) in [5.41, 5.74) is 0. The number of halogens is 1. The topological polar surface area (TPSA) is 98.7 Å².